The van der Waals surface area contributed by atoms with E-state index in [1.54, 1.807) is 0 Å². The molecule has 0 aliphatic carbocycles. The summed E-state index contributed by atoms with van der Waals surface area (Å²) in [6.07, 6.45) is 4.37. The number of carbonyl (C=O) groups excluding carboxylic acids is 1. The molecule has 0 fully saturated rings. The van der Waals surface area contributed by atoms with E-state index < -0.39 is 0 Å². The highest BCUT2D eigenvalue weighted by Gasteiger charge is 2.25. The molecule has 3 heteroatoms. The van der Waals surface area contributed by atoms with Gasteiger partial charge >= 0.3 is 5.97 Å². The number of carbonyl (C=O) groups is 1. The first-order valence-electron chi connectivity index (χ1n) is 5.22. The number of hydrogen-bond donors (Lipinski definition) is 0. The molecule has 0 radical (unpaired) electrons. The number of nitrogens with zero attached hydrogens (tertiary/aromatic N) is 1. The number of rotatable bonds is 4. The molecule has 0 aromatic rings. The number of unbranched alkanes of at least 4 members (excludes halogenated alkanes) is 1. The van der Waals surface area contributed by atoms with Crippen molar-refractivity contribution in [1.29, 1.82) is 0 Å². The van der Waals surface area contributed by atoms with Crippen LogP contribution in [-0.4, -0.2) is 31.6 Å². The van der Waals surface area contributed by atoms with Crippen LogP contribution in [0.25, 0.3) is 0 Å². The fourth-order valence-corrected chi connectivity index (χ4v) is 1.83. The average Bonchev–Trinajstić information content (AvgIpc) is 2.55. The van der Waals surface area contributed by atoms with E-state index in [-0.39, 0.29) is 5.97 Å². The zero-order chi connectivity index (χ0) is 10.6. The van der Waals surface area contributed by atoms with Crippen LogP contribution >= 0.6 is 0 Å². The summed E-state index contributed by atoms with van der Waals surface area (Å²) in [5.41, 5.74) is 2.06. The van der Waals surface area contributed by atoms with E-state index in [9.17, 15) is 4.79 Å². The van der Waals surface area contributed by atoms with Gasteiger partial charge in [-0.2, -0.15) is 0 Å². The van der Waals surface area contributed by atoms with Crippen LogP contribution < -0.4 is 0 Å². The van der Waals surface area contributed by atoms with Gasteiger partial charge in [0.1, 0.15) is 5.70 Å². The molecule has 0 spiro atoms. The van der Waals surface area contributed by atoms with Crippen molar-refractivity contribution >= 4 is 5.97 Å². The maximum atomic E-state index is 11.5. The Kier molecular flexibility index (Phi) is 3.98. The van der Waals surface area contributed by atoms with Crippen molar-refractivity contribution in [3.8, 4) is 0 Å². The van der Waals surface area contributed by atoms with Gasteiger partial charge in [0.25, 0.3) is 0 Å². The first-order valence-corrected chi connectivity index (χ1v) is 5.22. The Labute approximate surface area is 85.7 Å². The van der Waals surface area contributed by atoms with Crippen LogP contribution in [0, 0.1) is 0 Å². The van der Waals surface area contributed by atoms with Crippen molar-refractivity contribution in [2.45, 2.75) is 32.6 Å². The molecule has 0 atom stereocenters. The van der Waals surface area contributed by atoms with Gasteiger partial charge in [0.15, 0.2) is 0 Å². The Bertz CT molecular complexity index is 246. The van der Waals surface area contributed by atoms with Crippen LogP contribution in [0.4, 0.5) is 0 Å². The SMILES string of the molecule is CCCCC1=C(C(=O)OC)N(C)CC1. The van der Waals surface area contributed by atoms with Crippen LogP contribution in [0.15, 0.2) is 11.3 Å². The van der Waals surface area contributed by atoms with Crippen molar-refractivity contribution in [3.05, 3.63) is 11.3 Å². The van der Waals surface area contributed by atoms with E-state index in [0.29, 0.717) is 0 Å². The highest BCUT2D eigenvalue weighted by molar-refractivity contribution is 5.89. The number of esters is 1. The van der Waals surface area contributed by atoms with E-state index in [1.165, 1.54) is 19.1 Å². The van der Waals surface area contributed by atoms with Gasteiger partial charge in [-0.25, -0.2) is 4.79 Å². The molecule has 0 saturated heterocycles. The Morgan fingerprint density at radius 2 is 2.29 bits per heavy atom. The summed E-state index contributed by atoms with van der Waals surface area (Å²) in [6.45, 7) is 3.11. The minimum absolute atomic E-state index is 0.184. The lowest BCUT2D eigenvalue weighted by molar-refractivity contribution is -0.137. The average molecular weight is 197 g/mol. The fourth-order valence-electron chi connectivity index (χ4n) is 1.83. The maximum Gasteiger partial charge on any atom is 0.354 e. The second-order valence-electron chi connectivity index (χ2n) is 3.72. The Hall–Kier alpha value is -0.990. The lowest BCUT2D eigenvalue weighted by Crippen LogP contribution is -2.21. The summed E-state index contributed by atoms with van der Waals surface area (Å²) < 4.78 is 4.78. The lowest BCUT2D eigenvalue weighted by atomic mass is 10.1. The molecule has 0 unspecified atom stereocenters. The fraction of sp³-hybridized carbons (Fsp3) is 0.727. The molecular formula is C11H19NO2. The van der Waals surface area contributed by atoms with Gasteiger partial charge < -0.3 is 9.64 Å². The molecule has 0 saturated carbocycles. The van der Waals surface area contributed by atoms with Crippen LogP contribution in [0.1, 0.15) is 32.6 Å². The molecule has 0 amide bonds. The maximum absolute atomic E-state index is 11.5. The Morgan fingerprint density at radius 1 is 1.57 bits per heavy atom. The Morgan fingerprint density at radius 3 is 2.86 bits per heavy atom. The molecule has 0 N–H and O–H groups in total. The third-order valence-electron chi connectivity index (χ3n) is 2.68. The van der Waals surface area contributed by atoms with Crippen LogP contribution in [0.3, 0.4) is 0 Å². The van der Waals surface area contributed by atoms with Gasteiger partial charge in [0.2, 0.25) is 0 Å². The van der Waals surface area contributed by atoms with E-state index in [2.05, 4.69) is 6.92 Å². The zero-order valence-electron chi connectivity index (χ0n) is 9.30. The van der Waals surface area contributed by atoms with Crippen molar-refractivity contribution in [3.63, 3.8) is 0 Å². The predicted molar refractivity (Wildman–Crippen MR) is 55.8 cm³/mol. The first kappa shape index (κ1) is 11.1. The van der Waals surface area contributed by atoms with Crippen LogP contribution in [-0.2, 0) is 9.53 Å². The molecule has 1 aliphatic heterocycles. The summed E-state index contributed by atoms with van der Waals surface area (Å²) in [5, 5.41) is 0. The normalized spacial score (nSPS) is 16.4. The number of ether oxygens (including phenoxy) is 1. The number of likely N-dealkylation sites (N-methyl/N-ethyl adjacent to an activating group) is 1. The van der Waals surface area contributed by atoms with Gasteiger partial charge in [-0.15, -0.1) is 0 Å². The third kappa shape index (κ3) is 2.28. The molecular weight excluding hydrogens is 178 g/mol. The monoisotopic (exact) mass is 197 g/mol. The van der Waals surface area contributed by atoms with Crippen molar-refractivity contribution in [2.24, 2.45) is 0 Å². The summed E-state index contributed by atoms with van der Waals surface area (Å²) >= 11 is 0. The topological polar surface area (TPSA) is 29.5 Å². The van der Waals surface area contributed by atoms with Gasteiger partial charge in [0, 0.05) is 13.6 Å². The summed E-state index contributed by atoms with van der Waals surface area (Å²) in [5.74, 6) is -0.184. The molecule has 0 aromatic carbocycles. The summed E-state index contributed by atoms with van der Waals surface area (Å²) in [4.78, 5) is 13.5. The highest BCUT2D eigenvalue weighted by Crippen LogP contribution is 2.26. The zero-order valence-corrected chi connectivity index (χ0v) is 9.30. The first-order chi connectivity index (χ1) is 6.70. The minimum Gasteiger partial charge on any atom is -0.464 e. The van der Waals surface area contributed by atoms with E-state index in [1.807, 2.05) is 11.9 Å². The second kappa shape index (κ2) is 5.03. The van der Waals surface area contributed by atoms with E-state index >= 15 is 0 Å². The molecule has 1 aliphatic rings. The molecule has 80 valence electrons. The number of methoxy groups -OCH3 is 1. The second-order valence-corrected chi connectivity index (χ2v) is 3.72. The van der Waals surface area contributed by atoms with Crippen LogP contribution in [0.5, 0.6) is 0 Å². The van der Waals surface area contributed by atoms with Gasteiger partial charge in [-0.1, -0.05) is 13.3 Å². The Balaban J connectivity index is 2.74. The van der Waals surface area contributed by atoms with Crippen molar-refractivity contribution < 1.29 is 9.53 Å². The predicted octanol–water partition coefficient (Wildman–Crippen LogP) is 1.94. The van der Waals surface area contributed by atoms with Crippen molar-refractivity contribution in [2.75, 3.05) is 20.7 Å². The van der Waals surface area contributed by atoms with Gasteiger partial charge in [0.05, 0.1) is 7.11 Å². The largest absolute Gasteiger partial charge is 0.464 e. The molecule has 3 nitrogen and oxygen atoms in total. The van der Waals surface area contributed by atoms with Crippen LogP contribution in [0.2, 0.25) is 0 Å². The van der Waals surface area contributed by atoms with Gasteiger partial charge in [-0.05, 0) is 24.8 Å². The quantitative estimate of drug-likeness (QED) is 0.645. The number of hydrogen-bond acceptors (Lipinski definition) is 3. The molecule has 1 rings (SSSR count). The van der Waals surface area contributed by atoms with Crippen molar-refractivity contribution in [1.82, 2.24) is 4.90 Å². The lowest BCUT2D eigenvalue weighted by Gasteiger charge is -2.14. The minimum atomic E-state index is -0.184. The molecule has 0 bridgehead atoms. The third-order valence-corrected chi connectivity index (χ3v) is 2.68. The smallest absolute Gasteiger partial charge is 0.354 e. The molecule has 14 heavy (non-hydrogen) atoms. The van der Waals surface area contributed by atoms with E-state index in [0.717, 1.165) is 31.5 Å². The summed E-state index contributed by atoms with van der Waals surface area (Å²) in [6, 6.07) is 0. The summed E-state index contributed by atoms with van der Waals surface area (Å²) in [7, 11) is 3.39. The molecule has 1 heterocycles. The highest BCUT2D eigenvalue weighted by atomic mass is 16.5. The van der Waals surface area contributed by atoms with Gasteiger partial charge in [-0.3, -0.25) is 0 Å². The standard InChI is InChI=1S/C11H19NO2/c1-4-5-6-9-7-8-12(2)10(9)11(13)14-3/h4-8H2,1-3H3. The molecule has 0 aromatic heterocycles. The van der Waals surface area contributed by atoms with E-state index in [4.69, 9.17) is 4.74 Å².